The van der Waals surface area contributed by atoms with Gasteiger partial charge in [0.1, 0.15) is 0 Å². The van der Waals surface area contributed by atoms with Gasteiger partial charge in [0.2, 0.25) is 0 Å². The molecule has 0 saturated heterocycles. The Bertz CT molecular complexity index is 591. The van der Waals surface area contributed by atoms with Crippen LogP contribution in [0.1, 0.15) is 56.7 Å². The van der Waals surface area contributed by atoms with Crippen LogP contribution in [0, 0.1) is 6.92 Å². The molecule has 0 aliphatic heterocycles. The van der Waals surface area contributed by atoms with Gasteiger partial charge < -0.3 is 0 Å². The van der Waals surface area contributed by atoms with Crippen molar-refractivity contribution in [3.63, 3.8) is 0 Å². The molecule has 0 heterocycles. The fraction of sp³-hybridized carbons (Fsp3) is 0.667. The van der Waals surface area contributed by atoms with Crippen LogP contribution in [0.4, 0.5) is 0 Å². The van der Waals surface area contributed by atoms with E-state index in [1.807, 2.05) is 0 Å². The van der Waals surface area contributed by atoms with Crippen molar-refractivity contribution in [3.8, 4) is 0 Å². The second-order valence-corrected chi connectivity index (χ2v) is 8.13. The summed E-state index contributed by atoms with van der Waals surface area (Å²) < 4.78 is 30.2. The van der Waals surface area contributed by atoms with Crippen LogP contribution < -0.4 is 9.44 Å². The molecule has 24 heavy (non-hydrogen) atoms. The predicted molar refractivity (Wildman–Crippen MR) is 99.2 cm³/mol. The number of nitrogens with zero attached hydrogens (tertiary/aromatic N) is 1. The van der Waals surface area contributed by atoms with Crippen LogP contribution in [-0.4, -0.2) is 39.0 Å². The molecular weight excluding hydrogens is 322 g/mol. The van der Waals surface area contributed by atoms with Crippen molar-refractivity contribution >= 4 is 10.2 Å². The van der Waals surface area contributed by atoms with Crippen LogP contribution in [0.25, 0.3) is 0 Å². The predicted octanol–water partition coefficient (Wildman–Crippen LogP) is 2.74. The number of likely N-dealkylation sites (N-methyl/N-ethyl adjacent to an activating group) is 1. The maximum atomic E-state index is 12.3. The third kappa shape index (κ3) is 5.55. The van der Waals surface area contributed by atoms with Gasteiger partial charge >= 0.3 is 0 Å². The lowest BCUT2D eigenvalue weighted by Gasteiger charge is -2.30. The normalized spacial score (nSPS) is 17.5. The molecule has 5 nitrogen and oxygen atoms in total. The third-order valence-electron chi connectivity index (χ3n) is 4.86. The van der Waals surface area contributed by atoms with Gasteiger partial charge in [-0.2, -0.15) is 13.1 Å². The molecule has 0 bridgehead atoms. The van der Waals surface area contributed by atoms with Crippen LogP contribution in [-0.2, 0) is 10.2 Å². The van der Waals surface area contributed by atoms with E-state index in [0.717, 1.165) is 44.3 Å². The molecule has 1 aromatic rings. The van der Waals surface area contributed by atoms with E-state index in [1.54, 1.807) is 0 Å². The van der Waals surface area contributed by atoms with Crippen LogP contribution in [0.2, 0.25) is 0 Å². The molecule has 0 amide bonds. The summed E-state index contributed by atoms with van der Waals surface area (Å²) in [5, 5.41) is 0. The highest BCUT2D eigenvalue weighted by Crippen LogP contribution is 2.21. The van der Waals surface area contributed by atoms with Crippen molar-refractivity contribution < 1.29 is 8.42 Å². The maximum Gasteiger partial charge on any atom is 0.277 e. The Kier molecular flexibility index (Phi) is 7.22. The smallest absolute Gasteiger partial charge is 0.277 e. The zero-order valence-corrected chi connectivity index (χ0v) is 15.9. The first-order valence-electron chi connectivity index (χ1n) is 9.02. The summed E-state index contributed by atoms with van der Waals surface area (Å²) in [5.74, 6) is 0. The first-order valence-corrected chi connectivity index (χ1v) is 10.5. The van der Waals surface area contributed by atoms with Gasteiger partial charge in [0.15, 0.2) is 0 Å². The standard InChI is InChI=1S/C18H31N3O2S/c1-4-21(5-2)18(16-12-10-15(3)11-13-16)14-19-24(22,23)20-17-8-6-7-9-17/h10-13,17-20H,4-9,14H2,1-3H3. The molecule has 6 heteroatoms. The first kappa shape index (κ1) is 19.4. The minimum absolute atomic E-state index is 0.0424. The molecule has 0 aromatic heterocycles. The molecule has 2 N–H and O–H groups in total. The van der Waals surface area contributed by atoms with Crippen LogP contribution >= 0.6 is 0 Å². The van der Waals surface area contributed by atoms with Crippen molar-refractivity contribution in [2.75, 3.05) is 19.6 Å². The molecule has 2 rings (SSSR count). The van der Waals surface area contributed by atoms with Gasteiger partial charge in [-0.15, -0.1) is 0 Å². The van der Waals surface area contributed by atoms with Crippen molar-refractivity contribution in [1.29, 1.82) is 0 Å². The van der Waals surface area contributed by atoms with Crippen LogP contribution in [0.3, 0.4) is 0 Å². The minimum Gasteiger partial charge on any atom is -0.296 e. The van der Waals surface area contributed by atoms with Crippen molar-refractivity contribution in [2.24, 2.45) is 0 Å². The summed E-state index contributed by atoms with van der Waals surface area (Å²) in [7, 11) is -3.45. The van der Waals surface area contributed by atoms with E-state index in [9.17, 15) is 8.42 Å². The number of nitrogens with one attached hydrogen (secondary N) is 2. The zero-order valence-electron chi connectivity index (χ0n) is 15.1. The second kappa shape index (κ2) is 8.94. The topological polar surface area (TPSA) is 61.4 Å². The Morgan fingerprint density at radius 2 is 1.71 bits per heavy atom. The summed E-state index contributed by atoms with van der Waals surface area (Å²) in [6.07, 6.45) is 4.11. The Morgan fingerprint density at radius 1 is 1.12 bits per heavy atom. The molecule has 136 valence electrons. The van der Waals surface area contributed by atoms with Gasteiger partial charge in [0, 0.05) is 18.6 Å². The number of aryl methyl sites for hydroxylation is 1. The maximum absolute atomic E-state index is 12.3. The highest BCUT2D eigenvalue weighted by Gasteiger charge is 2.24. The highest BCUT2D eigenvalue weighted by molar-refractivity contribution is 7.87. The van der Waals surface area contributed by atoms with Crippen molar-refractivity contribution in [2.45, 2.75) is 58.5 Å². The van der Waals surface area contributed by atoms with E-state index in [0.29, 0.717) is 6.54 Å². The Labute approximate surface area is 147 Å². The SMILES string of the molecule is CCN(CC)C(CNS(=O)(=O)NC1CCCC1)c1ccc(C)cc1. The average molecular weight is 354 g/mol. The lowest BCUT2D eigenvalue weighted by Crippen LogP contribution is -2.45. The molecule has 1 saturated carbocycles. The lowest BCUT2D eigenvalue weighted by atomic mass is 10.0. The largest absolute Gasteiger partial charge is 0.296 e. The number of hydrogen-bond acceptors (Lipinski definition) is 3. The van der Waals surface area contributed by atoms with Gasteiger partial charge in [-0.1, -0.05) is 56.5 Å². The van der Waals surface area contributed by atoms with Gasteiger partial charge in [-0.3, -0.25) is 4.90 Å². The minimum atomic E-state index is -3.45. The lowest BCUT2D eigenvalue weighted by molar-refractivity contribution is 0.219. The first-order chi connectivity index (χ1) is 11.4. The monoisotopic (exact) mass is 353 g/mol. The van der Waals surface area contributed by atoms with Gasteiger partial charge in [0.05, 0.1) is 0 Å². The quantitative estimate of drug-likeness (QED) is 0.717. The van der Waals surface area contributed by atoms with Gasteiger partial charge in [-0.25, -0.2) is 4.72 Å². The molecule has 1 aromatic carbocycles. The summed E-state index contributed by atoms with van der Waals surface area (Å²) in [6, 6.07) is 8.48. The summed E-state index contributed by atoms with van der Waals surface area (Å²) in [5.41, 5.74) is 2.35. The van der Waals surface area contributed by atoms with E-state index in [1.165, 1.54) is 5.56 Å². The zero-order chi connectivity index (χ0) is 17.6. The molecule has 1 atom stereocenters. The fourth-order valence-electron chi connectivity index (χ4n) is 3.40. The fourth-order valence-corrected chi connectivity index (χ4v) is 4.54. The van der Waals surface area contributed by atoms with Crippen LogP contribution in [0.5, 0.6) is 0 Å². The van der Waals surface area contributed by atoms with Gasteiger partial charge in [-0.05, 0) is 38.4 Å². The van der Waals surface area contributed by atoms with Crippen molar-refractivity contribution in [1.82, 2.24) is 14.3 Å². The number of benzene rings is 1. The molecule has 1 unspecified atom stereocenters. The molecule has 1 aliphatic carbocycles. The molecule has 1 aliphatic rings. The van der Waals surface area contributed by atoms with Crippen molar-refractivity contribution in [3.05, 3.63) is 35.4 Å². The van der Waals surface area contributed by atoms with E-state index in [2.05, 4.69) is 59.4 Å². The number of hydrogen-bond donors (Lipinski definition) is 2. The summed E-state index contributed by atoms with van der Waals surface area (Å²) in [6.45, 7) is 8.42. The van der Waals surface area contributed by atoms with E-state index >= 15 is 0 Å². The van der Waals surface area contributed by atoms with E-state index in [4.69, 9.17) is 0 Å². The average Bonchev–Trinajstić information content (AvgIpc) is 3.04. The summed E-state index contributed by atoms with van der Waals surface area (Å²) >= 11 is 0. The molecule has 1 fully saturated rings. The summed E-state index contributed by atoms with van der Waals surface area (Å²) in [4.78, 5) is 2.28. The van der Waals surface area contributed by atoms with Crippen LogP contribution in [0.15, 0.2) is 24.3 Å². The molecule has 0 spiro atoms. The third-order valence-corrected chi connectivity index (χ3v) is 6.05. The Hall–Kier alpha value is -0.950. The highest BCUT2D eigenvalue weighted by atomic mass is 32.2. The molecule has 0 radical (unpaired) electrons. The second-order valence-electron chi connectivity index (χ2n) is 6.60. The Morgan fingerprint density at radius 3 is 2.25 bits per heavy atom. The molecular formula is C18H31N3O2S. The number of rotatable bonds is 9. The Balaban J connectivity index is 2.05. The van der Waals surface area contributed by atoms with Gasteiger partial charge in [0.25, 0.3) is 10.2 Å². The van der Waals surface area contributed by atoms with E-state index < -0.39 is 10.2 Å². The van der Waals surface area contributed by atoms with E-state index in [-0.39, 0.29) is 12.1 Å².